The van der Waals surface area contributed by atoms with Crippen LogP contribution in [0.3, 0.4) is 0 Å². The third-order valence-corrected chi connectivity index (χ3v) is 1.78. The van der Waals surface area contributed by atoms with Crippen molar-refractivity contribution in [1.82, 2.24) is 9.97 Å². The predicted octanol–water partition coefficient (Wildman–Crippen LogP) is 2.38. The molecule has 4 heteroatoms. The lowest BCUT2D eigenvalue weighted by molar-refractivity contribution is 1.09. The molecule has 0 aliphatic carbocycles. The molecule has 0 radical (unpaired) electrons. The van der Waals surface area contributed by atoms with Crippen molar-refractivity contribution in [3.63, 3.8) is 0 Å². The van der Waals surface area contributed by atoms with Gasteiger partial charge in [0.2, 0.25) is 5.28 Å². The molecule has 64 valence electrons. The number of halogens is 1. The van der Waals surface area contributed by atoms with E-state index in [9.17, 15) is 0 Å². The van der Waals surface area contributed by atoms with Crippen LogP contribution in [-0.4, -0.2) is 15.7 Å². The minimum absolute atomic E-state index is 0.288. The van der Waals surface area contributed by atoms with Gasteiger partial charge in [0.15, 0.2) is 0 Å². The van der Waals surface area contributed by atoms with Crippen LogP contribution in [0.15, 0.2) is 12.3 Å². The van der Waals surface area contributed by atoms with Crippen LogP contribution in [0.4, 0.5) is 0 Å². The van der Waals surface area contributed by atoms with Gasteiger partial charge in [-0.1, -0.05) is 12.2 Å². The molecule has 12 heavy (non-hydrogen) atoms. The Balaban J connectivity index is 2.94. The Morgan fingerprint density at radius 1 is 1.67 bits per heavy atom. The Morgan fingerprint density at radius 3 is 3.00 bits per heavy atom. The van der Waals surface area contributed by atoms with E-state index >= 15 is 0 Å². The van der Waals surface area contributed by atoms with Crippen molar-refractivity contribution in [3.8, 4) is 0 Å². The predicted molar refractivity (Wildman–Crippen MR) is 54.7 cm³/mol. The summed E-state index contributed by atoms with van der Waals surface area (Å²) in [5.74, 6) is 0.710. The zero-order chi connectivity index (χ0) is 8.97. The first kappa shape index (κ1) is 9.55. The summed E-state index contributed by atoms with van der Waals surface area (Å²) < 4.78 is 0. The molecular formula is C8H9ClN2S. The van der Waals surface area contributed by atoms with Crippen LogP contribution in [0.5, 0.6) is 0 Å². The van der Waals surface area contributed by atoms with Gasteiger partial charge < -0.3 is 0 Å². The topological polar surface area (TPSA) is 25.8 Å². The van der Waals surface area contributed by atoms with Gasteiger partial charge in [0.25, 0.3) is 0 Å². The average molecular weight is 201 g/mol. The van der Waals surface area contributed by atoms with Gasteiger partial charge in [-0.05, 0) is 18.5 Å². The first-order chi connectivity index (χ1) is 5.74. The lowest BCUT2D eigenvalue weighted by Gasteiger charge is -1.97. The van der Waals surface area contributed by atoms with Crippen LogP contribution < -0.4 is 0 Å². The fourth-order valence-corrected chi connectivity index (χ4v) is 1.07. The Labute approximate surface area is 82.1 Å². The van der Waals surface area contributed by atoms with E-state index in [2.05, 4.69) is 22.6 Å². The van der Waals surface area contributed by atoms with E-state index in [-0.39, 0.29) is 5.28 Å². The molecule has 0 aromatic carbocycles. The van der Waals surface area contributed by atoms with Gasteiger partial charge in [-0.3, -0.25) is 0 Å². The van der Waals surface area contributed by atoms with Crippen LogP contribution in [0.1, 0.15) is 11.3 Å². The second kappa shape index (κ2) is 4.48. The fraction of sp³-hybridized carbons (Fsp3) is 0.250. The Hall–Kier alpha value is -0.540. The number of aryl methyl sites for hydroxylation is 1. The highest BCUT2D eigenvalue weighted by Gasteiger charge is 1.96. The minimum Gasteiger partial charge on any atom is -0.226 e. The number of aromatic nitrogens is 2. The first-order valence-corrected chi connectivity index (χ1v) is 4.51. The second-order valence-electron chi connectivity index (χ2n) is 2.26. The number of rotatable bonds is 2. The molecule has 0 aliphatic rings. The van der Waals surface area contributed by atoms with Crippen molar-refractivity contribution in [2.75, 3.05) is 5.75 Å². The Kier molecular flexibility index (Phi) is 3.56. The number of thiol groups is 1. The number of hydrogen-bond acceptors (Lipinski definition) is 3. The largest absolute Gasteiger partial charge is 0.226 e. The summed E-state index contributed by atoms with van der Waals surface area (Å²) in [5, 5.41) is 0.288. The third kappa shape index (κ3) is 2.50. The molecule has 1 heterocycles. The van der Waals surface area contributed by atoms with Crippen molar-refractivity contribution in [2.24, 2.45) is 0 Å². The van der Waals surface area contributed by atoms with Crippen LogP contribution in [0, 0.1) is 6.92 Å². The van der Waals surface area contributed by atoms with E-state index in [1.54, 1.807) is 6.20 Å². The minimum atomic E-state index is 0.288. The average Bonchev–Trinajstić information content (AvgIpc) is 2.03. The van der Waals surface area contributed by atoms with Crippen molar-refractivity contribution in [3.05, 3.63) is 28.8 Å². The van der Waals surface area contributed by atoms with Gasteiger partial charge in [-0.25, -0.2) is 9.97 Å². The Bertz CT molecular complexity index is 299. The van der Waals surface area contributed by atoms with E-state index < -0.39 is 0 Å². The van der Waals surface area contributed by atoms with Crippen molar-refractivity contribution < 1.29 is 0 Å². The van der Waals surface area contributed by atoms with Gasteiger partial charge in [-0.15, -0.1) is 0 Å². The summed E-state index contributed by atoms with van der Waals surface area (Å²) in [5.41, 5.74) is 1.86. The quantitative estimate of drug-likeness (QED) is 0.586. The molecule has 0 bridgehead atoms. The highest BCUT2D eigenvalue weighted by Crippen LogP contribution is 2.08. The van der Waals surface area contributed by atoms with Gasteiger partial charge in [-0.2, -0.15) is 12.6 Å². The normalized spacial score (nSPS) is 10.9. The summed E-state index contributed by atoms with van der Waals surface area (Å²) in [6, 6.07) is 0. The molecule has 1 rings (SSSR count). The SMILES string of the molecule is Cc1nc(Cl)ncc1C=CCS. The maximum absolute atomic E-state index is 5.59. The molecule has 0 unspecified atom stereocenters. The molecule has 0 saturated carbocycles. The summed E-state index contributed by atoms with van der Waals surface area (Å²) in [6.07, 6.45) is 5.56. The van der Waals surface area contributed by atoms with Crippen molar-refractivity contribution in [2.45, 2.75) is 6.92 Å². The molecule has 0 saturated heterocycles. The van der Waals surface area contributed by atoms with E-state index in [0.29, 0.717) is 5.75 Å². The van der Waals surface area contributed by atoms with Crippen LogP contribution in [0.25, 0.3) is 6.08 Å². The van der Waals surface area contributed by atoms with Crippen LogP contribution in [-0.2, 0) is 0 Å². The van der Waals surface area contributed by atoms with E-state index in [1.165, 1.54) is 0 Å². The highest BCUT2D eigenvalue weighted by atomic mass is 35.5. The maximum atomic E-state index is 5.59. The molecule has 1 aromatic heterocycles. The summed E-state index contributed by atoms with van der Waals surface area (Å²) in [6.45, 7) is 1.89. The Morgan fingerprint density at radius 2 is 2.42 bits per heavy atom. The summed E-state index contributed by atoms with van der Waals surface area (Å²) in [4.78, 5) is 7.88. The van der Waals surface area contributed by atoms with Gasteiger partial charge >= 0.3 is 0 Å². The molecule has 0 amide bonds. The lowest BCUT2D eigenvalue weighted by atomic mass is 10.2. The van der Waals surface area contributed by atoms with Gasteiger partial charge in [0, 0.05) is 23.2 Å². The molecule has 0 fully saturated rings. The van der Waals surface area contributed by atoms with E-state index in [4.69, 9.17) is 11.6 Å². The lowest BCUT2D eigenvalue weighted by Crippen LogP contribution is -1.89. The zero-order valence-corrected chi connectivity index (χ0v) is 8.31. The second-order valence-corrected chi connectivity index (χ2v) is 2.97. The van der Waals surface area contributed by atoms with Crippen molar-refractivity contribution >= 4 is 30.3 Å². The molecule has 1 aromatic rings. The smallest absolute Gasteiger partial charge is 0.222 e. The molecule has 0 spiro atoms. The molecule has 2 nitrogen and oxygen atoms in total. The molecule has 0 aliphatic heterocycles. The molecule has 0 atom stereocenters. The highest BCUT2D eigenvalue weighted by molar-refractivity contribution is 7.80. The van der Waals surface area contributed by atoms with Crippen LogP contribution in [0.2, 0.25) is 5.28 Å². The van der Waals surface area contributed by atoms with E-state index in [0.717, 1.165) is 11.3 Å². The standard InChI is InChI=1S/C8H9ClN2S/c1-6-7(3-2-4-12)5-10-8(9)11-6/h2-3,5,12H,4H2,1H3. The first-order valence-electron chi connectivity index (χ1n) is 3.50. The van der Waals surface area contributed by atoms with E-state index in [1.807, 2.05) is 19.1 Å². The third-order valence-electron chi connectivity index (χ3n) is 1.39. The van der Waals surface area contributed by atoms with Crippen LogP contribution >= 0.6 is 24.2 Å². The molecular weight excluding hydrogens is 192 g/mol. The summed E-state index contributed by atoms with van der Waals surface area (Å²) >= 11 is 9.64. The number of hydrogen-bond donors (Lipinski definition) is 1. The maximum Gasteiger partial charge on any atom is 0.222 e. The monoisotopic (exact) mass is 200 g/mol. The van der Waals surface area contributed by atoms with Gasteiger partial charge in [0.1, 0.15) is 0 Å². The zero-order valence-electron chi connectivity index (χ0n) is 6.66. The fourth-order valence-electron chi connectivity index (χ4n) is 0.791. The summed E-state index contributed by atoms with van der Waals surface area (Å²) in [7, 11) is 0. The number of nitrogens with zero attached hydrogens (tertiary/aromatic N) is 2. The van der Waals surface area contributed by atoms with Gasteiger partial charge in [0.05, 0.1) is 0 Å². The van der Waals surface area contributed by atoms with Crippen molar-refractivity contribution in [1.29, 1.82) is 0 Å². The molecule has 0 N–H and O–H groups in total.